The summed E-state index contributed by atoms with van der Waals surface area (Å²) in [7, 11) is 0. The Balaban J connectivity index is 1.86. The van der Waals surface area contributed by atoms with E-state index in [1.54, 1.807) is 12.4 Å². The molecule has 0 atom stereocenters. The second kappa shape index (κ2) is 7.02. The first-order valence-corrected chi connectivity index (χ1v) is 5.92. The van der Waals surface area contributed by atoms with Crippen LogP contribution in [0.1, 0.15) is 11.1 Å². The van der Waals surface area contributed by atoms with E-state index in [0.29, 0.717) is 0 Å². The summed E-state index contributed by atoms with van der Waals surface area (Å²) in [6, 6.07) is 20.3. The van der Waals surface area contributed by atoms with Crippen molar-refractivity contribution >= 4 is 18.4 Å². The minimum Gasteiger partial charge on any atom is -0.265 e. The van der Waals surface area contributed by atoms with Crippen LogP contribution in [0.3, 0.4) is 0 Å². The van der Waals surface area contributed by atoms with E-state index in [4.69, 9.17) is 0 Å². The van der Waals surface area contributed by atoms with Crippen LogP contribution in [0.5, 0.6) is 0 Å². The summed E-state index contributed by atoms with van der Waals surface area (Å²) in [5, 5.41) is 0. The Morgan fingerprint density at radius 1 is 0.667 bits per heavy atom. The summed E-state index contributed by atoms with van der Waals surface area (Å²) >= 11 is 0. The molecule has 18 heavy (non-hydrogen) atoms. The molecule has 2 aromatic rings. The third-order valence-corrected chi connectivity index (χ3v) is 2.41. The molecule has 0 spiro atoms. The van der Waals surface area contributed by atoms with E-state index in [-0.39, 0.29) is 0 Å². The molecule has 0 radical (unpaired) electrons. The van der Waals surface area contributed by atoms with Gasteiger partial charge in [-0.2, -0.15) is 0 Å². The van der Waals surface area contributed by atoms with Crippen LogP contribution in [0.2, 0.25) is 0 Å². The highest BCUT2D eigenvalue weighted by Gasteiger charge is 1.81. The molecule has 0 fully saturated rings. The van der Waals surface area contributed by atoms with Gasteiger partial charge in [0.15, 0.2) is 0 Å². The highest BCUT2D eigenvalue weighted by atomic mass is 14.6. The van der Waals surface area contributed by atoms with Crippen molar-refractivity contribution in [2.24, 2.45) is 4.99 Å². The molecule has 1 heteroatoms. The van der Waals surface area contributed by atoms with Crippen molar-refractivity contribution < 1.29 is 0 Å². The summed E-state index contributed by atoms with van der Waals surface area (Å²) < 4.78 is 0. The van der Waals surface area contributed by atoms with Gasteiger partial charge in [-0.3, -0.25) is 4.99 Å². The van der Waals surface area contributed by atoms with Crippen LogP contribution in [0.4, 0.5) is 0 Å². The molecule has 0 saturated carbocycles. The molecule has 0 heterocycles. The Kier molecular flexibility index (Phi) is 4.70. The zero-order valence-electron chi connectivity index (χ0n) is 10.1. The van der Waals surface area contributed by atoms with Gasteiger partial charge in [-0.1, -0.05) is 66.7 Å². The van der Waals surface area contributed by atoms with Crippen molar-refractivity contribution in [1.29, 1.82) is 0 Å². The topological polar surface area (TPSA) is 12.4 Å². The number of hydrogen-bond acceptors (Lipinski definition) is 1. The van der Waals surface area contributed by atoms with Gasteiger partial charge in [-0.15, -0.1) is 0 Å². The van der Waals surface area contributed by atoms with E-state index in [0.717, 1.165) is 5.56 Å². The van der Waals surface area contributed by atoms with Gasteiger partial charge in [0.25, 0.3) is 0 Å². The lowest BCUT2D eigenvalue weighted by Gasteiger charge is -1.88. The zero-order valence-corrected chi connectivity index (χ0v) is 10.1. The predicted octanol–water partition coefficient (Wildman–Crippen LogP) is 4.44. The van der Waals surface area contributed by atoms with Crippen LogP contribution >= 0.6 is 0 Å². The van der Waals surface area contributed by atoms with E-state index in [9.17, 15) is 0 Å². The van der Waals surface area contributed by atoms with Gasteiger partial charge in [-0.05, 0) is 23.3 Å². The van der Waals surface area contributed by atoms with Gasteiger partial charge in [-0.25, -0.2) is 0 Å². The molecular formula is C17H15N. The Morgan fingerprint density at radius 3 is 1.83 bits per heavy atom. The molecule has 0 aliphatic heterocycles. The molecule has 0 aliphatic rings. The number of aliphatic imine (C=N–C) groups is 1. The number of hydrogen-bond donors (Lipinski definition) is 0. The highest BCUT2D eigenvalue weighted by Crippen LogP contribution is 2.01. The quantitative estimate of drug-likeness (QED) is 0.692. The van der Waals surface area contributed by atoms with Gasteiger partial charge in [0.2, 0.25) is 0 Å². The van der Waals surface area contributed by atoms with Gasteiger partial charge >= 0.3 is 0 Å². The molecule has 0 saturated heterocycles. The van der Waals surface area contributed by atoms with Crippen LogP contribution in [-0.4, -0.2) is 6.21 Å². The minimum absolute atomic E-state index is 1.15. The van der Waals surface area contributed by atoms with Gasteiger partial charge in [0.1, 0.15) is 0 Å². The van der Waals surface area contributed by atoms with Crippen molar-refractivity contribution in [3.8, 4) is 0 Å². The summed E-state index contributed by atoms with van der Waals surface area (Å²) in [5.74, 6) is 0. The largest absolute Gasteiger partial charge is 0.265 e. The van der Waals surface area contributed by atoms with Crippen molar-refractivity contribution in [2.75, 3.05) is 0 Å². The molecule has 0 unspecified atom stereocenters. The van der Waals surface area contributed by atoms with Crippen molar-refractivity contribution in [3.63, 3.8) is 0 Å². The smallest absolute Gasteiger partial charge is 0.0273 e. The lowest BCUT2D eigenvalue weighted by Crippen LogP contribution is -1.69. The third-order valence-electron chi connectivity index (χ3n) is 2.41. The number of rotatable bonds is 4. The summed E-state index contributed by atoms with van der Waals surface area (Å²) in [6.45, 7) is 0. The number of nitrogens with zero attached hydrogens (tertiary/aromatic N) is 1. The Labute approximate surface area is 108 Å². The minimum atomic E-state index is 1.15. The highest BCUT2D eigenvalue weighted by molar-refractivity contribution is 5.78. The molecule has 0 aliphatic carbocycles. The zero-order chi connectivity index (χ0) is 12.5. The van der Waals surface area contributed by atoms with Crippen LogP contribution in [0.15, 0.2) is 77.9 Å². The van der Waals surface area contributed by atoms with Gasteiger partial charge < -0.3 is 0 Å². The maximum absolute atomic E-state index is 4.19. The molecule has 2 aromatic carbocycles. The maximum Gasteiger partial charge on any atom is 0.0273 e. The Hall–Kier alpha value is -2.41. The fraction of sp³-hybridized carbons (Fsp3) is 0. The second-order valence-electron chi connectivity index (χ2n) is 3.79. The van der Waals surface area contributed by atoms with E-state index in [1.165, 1.54) is 5.56 Å². The SMILES string of the molecule is C(=C\c1ccccc1)/C=N/C=C/c1ccccc1. The average Bonchev–Trinajstić information content (AvgIpc) is 2.45. The number of allylic oxidation sites excluding steroid dienone is 1. The molecule has 0 bridgehead atoms. The van der Waals surface area contributed by atoms with Crippen molar-refractivity contribution in [2.45, 2.75) is 0 Å². The fourth-order valence-electron chi connectivity index (χ4n) is 1.51. The Bertz CT molecular complexity index is 485. The predicted molar refractivity (Wildman–Crippen MR) is 79.4 cm³/mol. The van der Waals surface area contributed by atoms with Crippen molar-refractivity contribution in [3.05, 3.63) is 84.1 Å². The molecule has 1 nitrogen and oxygen atoms in total. The van der Waals surface area contributed by atoms with Crippen LogP contribution in [0, 0.1) is 0 Å². The van der Waals surface area contributed by atoms with E-state index >= 15 is 0 Å². The lowest BCUT2D eigenvalue weighted by molar-refractivity contribution is 1.59. The second-order valence-corrected chi connectivity index (χ2v) is 3.79. The van der Waals surface area contributed by atoms with Gasteiger partial charge in [0, 0.05) is 12.4 Å². The monoisotopic (exact) mass is 233 g/mol. The maximum atomic E-state index is 4.19. The van der Waals surface area contributed by atoms with Gasteiger partial charge in [0.05, 0.1) is 0 Å². The van der Waals surface area contributed by atoms with E-state index < -0.39 is 0 Å². The molecule has 0 amide bonds. The van der Waals surface area contributed by atoms with E-state index in [1.807, 2.05) is 66.8 Å². The Morgan fingerprint density at radius 2 is 1.22 bits per heavy atom. The molecule has 88 valence electrons. The summed E-state index contributed by atoms with van der Waals surface area (Å²) in [4.78, 5) is 4.19. The van der Waals surface area contributed by atoms with Crippen LogP contribution < -0.4 is 0 Å². The van der Waals surface area contributed by atoms with E-state index in [2.05, 4.69) is 17.1 Å². The van der Waals surface area contributed by atoms with Crippen molar-refractivity contribution in [1.82, 2.24) is 0 Å². The first-order chi connectivity index (χ1) is 8.95. The third kappa shape index (κ3) is 4.22. The molecule has 2 rings (SSSR count). The summed E-state index contributed by atoms with van der Waals surface area (Å²) in [5.41, 5.74) is 2.33. The number of benzene rings is 2. The first-order valence-electron chi connectivity index (χ1n) is 5.92. The normalized spacial score (nSPS) is 11.8. The molecule has 0 aromatic heterocycles. The fourth-order valence-corrected chi connectivity index (χ4v) is 1.51. The first kappa shape index (κ1) is 12.1. The summed E-state index contributed by atoms with van der Waals surface area (Å²) in [6.07, 6.45) is 9.52. The van der Waals surface area contributed by atoms with Crippen LogP contribution in [0.25, 0.3) is 12.2 Å². The van der Waals surface area contributed by atoms with Crippen LogP contribution in [-0.2, 0) is 0 Å². The average molecular weight is 233 g/mol. The molecular weight excluding hydrogens is 218 g/mol. The standard InChI is InChI=1S/C17H15N/c1-3-8-16(9-4-1)12-7-14-18-15-13-17-10-5-2-6-11-17/h1-15H/b12-7+,15-13+,18-14+. The lowest BCUT2D eigenvalue weighted by atomic mass is 10.2. The molecule has 0 N–H and O–H groups in total.